The SMILES string of the molecule is O=S(=O)(CC=C(c1ccccc1)c1ccccc1)c1ccc(F)cc1. The van der Waals surface area contributed by atoms with Gasteiger partial charge in [0, 0.05) is 0 Å². The molecule has 0 aromatic heterocycles. The smallest absolute Gasteiger partial charge is 0.181 e. The zero-order chi connectivity index (χ0) is 17.7. The van der Waals surface area contributed by atoms with Crippen LogP contribution in [-0.2, 0) is 9.84 Å². The third-order valence-corrected chi connectivity index (χ3v) is 5.45. The zero-order valence-electron chi connectivity index (χ0n) is 13.5. The van der Waals surface area contributed by atoms with E-state index in [1.165, 1.54) is 12.1 Å². The van der Waals surface area contributed by atoms with E-state index >= 15 is 0 Å². The van der Waals surface area contributed by atoms with Gasteiger partial charge in [0.25, 0.3) is 0 Å². The fraction of sp³-hybridized carbons (Fsp3) is 0.0476. The molecule has 0 saturated carbocycles. The second kappa shape index (κ2) is 7.45. The second-order valence-electron chi connectivity index (χ2n) is 5.59. The Labute approximate surface area is 147 Å². The molecule has 0 atom stereocenters. The largest absolute Gasteiger partial charge is 0.223 e. The van der Waals surface area contributed by atoms with Gasteiger partial charge in [-0.1, -0.05) is 66.7 Å². The van der Waals surface area contributed by atoms with Gasteiger partial charge in [-0.2, -0.15) is 0 Å². The molecule has 0 fully saturated rings. The van der Waals surface area contributed by atoms with E-state index in [1.54, 1.807) is 6.08 Å². The second-order valence-corrected chi connectivity index (χ2v) is 7.62. The van der Waals surface area contributed by atoms with Crippen molar-refractivity contribution < 1.29 is 12.8 Å². The van der Waals surface area contributed by atoms with Gasteiger partial charge in [0.05, 0.1) is 10.6 Å². The van der Waals surface area contributed by atoms with E-state index in [0.717, 1.165) is 28.8 Å². The zero-order valence-corrected chi connectivity index (χ0v) is 14.3. The Morgan fingerprint density at radius 3 is 1.72 bits per heavy atom. The van der Waals surface area contributed by atoms with Gasteiger partial charge in [0.1, 0.15) is 5.82 Å². The van der Waals surface area contributed by atoms with Crippen LogP contribution < -0.4 is 0 Å². The van der Waals surface area contributed by atoms with Crippen LogP contribution in [0.15, 0.2) is 95.9 Å². The van der Waals surface area contributed by atoms with E-state index in [4.69, 9.17) is 0 Å². The van der Waals surface area contributed by atoms with Crippen molar-refractivity contribution in [2.75, 3.05) is 5.75 Å². The third-order valence-electron chi connectivity index (χ3n) is 3.85. The maximum absolute atomic E-state index is 13.0. The molecule has 0 amide bonds. The molecule has 0 spiro atoms. The average Bonchev–Trinajstić information content (AvgIpc) is 2.64. The van der Waals surface area contributed by atoms with Gasteiger partial charge in [-0.25, -0.2) is 12.8 Å². The fourth-order valence-electron chi connectivity index (χ4n) is 2.57. The number of sulfone groups is 1. The highest BCUT2D eigenvalue weighted by Gasteiger charge is 2.14. The Morgan fingerprint density at radius 1 is 0.760 bits per heavy atom. The summed E-state index contributed by atoms with van der Waals surface area (Å²) in [6.07, 6.45) is 1.71. The lowest BCUT2D eigenvalue weighted by Crippen LogP contribution is -2.05. The van der Waals surface area contributed by atoms with Crippen LogP contribution in [0.1, 0.15) is 11.1 Å². The van der Waals surface area contributed by atoms with Crippen LogP contribution in [0, 0.1) is 5.82 Å². The highest BCUT2D eigenvalue weighted by Crippen LogP contribution is 2.24. The van der Waals surface area contributed by atoms with Crippen LogP contribution in [0.2, 0.25) is 0 Å². The predicted molar refractivity (Wildman–Crippen MR) is 98.4 cm³/mol. The van der Waals surface area contributed by atoms with E-state index in [-0.39, 0.29) is 10.6 Å². The average molecular weight is 352 g/mol. The molecule has 0 heterocycles. The summed E-state index contributed by atoms with van der Waals surface area (Å²) >= 11 is 0. The minimum atomic E-state index is -3.53. The van der Waals surface area contributed by atoms with E-state index < -0.39 is 15.7 Å². The Morgan fingerprint density at radius 2 is 1.24 bits per heavy atom. The lowest BCUT2D eigenvalue weighted by molar-refractivity contribution is 0.597. The molecule has 0 N–H and O–H groups in total. The standard InChI is InChI=1S/C21H17FO2S/c22-19-11-13-20(14-12-19)25(23,24)16-15-21(17-7-3-1-4-8-17)18-9-5-2-6-10-18/h1-15H,16H2. The molecule has 3 rings (SSSR count). The molecule has 0 aliphatic carbocycles. The van der Waals surface area contributed by atoms with Crippen molar-refractivity contribution in [1.29, 1.82) is 0 Å². The maximum atomic E-state index is 13.0. The summed E-state index contributed by atoms with van der Waals surface area (Å²) in [5.41, 5.74) is 2.75. The van der Waals surface area contributed by atoms with Crippen molar-refractivity contribution in [3.05, 3.63) is 108 Å². The molecule has 3 aromatic carbocycles. The summed E-state index contributed by atoms with van der Waals surface area (Å²) in [5.74, 6) is -0.610. The number of halogens is 1. The number of hydrogen-bond donors (Lipinski definition) is 0. The summed E-state index contributed by atoms with van der Waals surface area (Å²) in [7, 11) is -3.53. The summed E-state index contributed by atoms with van der Waals surface area (Å²) in [4.78, 5) is 0.116. The van der Waals surface area contributed by atoms with Gasteiger partial charge in [-0.3, -0.25) is 0 Å². The molecule has 4 heteroatoms. The summed E-state index contributed by atoms with van der Waals surface area (Å²) in [6.45, 7) is 0. The fourth-order valence-corrected chi connectivity index (χ4v) is 3.70. The first kappa shape index (κ1) is 17.1. The molecular formula is C21H17FO2S. The molecule has 0 saturated heterocycles. The van der Waals surface area contributed by atoms with Crippen LogP contribution in [-0.4, -0.2) is 14.2 Å². The van der Waals surface area contributed by atoms with Gasteiger partial charge in [-0.05, 0) is 41.0 Å². The first-order chi connectivity index (χ1) is 12.1. The molecule has 0 aliphatic rings. The van der Waals surface area contributed by atoms with Crippen LogP contribution >= 0.6 is 0 Å². The normalized spacial score (nSPS) is 11.1. The van der Waals surface area contributed by atoms with Crippen molar-refractivity contribution in [2.45, 2.75) is 4.90 Å². The van der Waals surface area contributed by atoms with Crippen molar-refractivity contribution in [3.63, 3.8) is 0 Å². The van der Waals surface area contributed by atoms with Gasteiger partial charge in [0.2, 0.25) is 0 Å². The quantitative estimate of drug-likeness (QED) is 0.622. The van der Waals surface area contributed by atoms with Crippen LogP contribution in [0.5, 0.6) is 0 Å². The van der Waals surface area contributed by atoms with E-state index in [0.29, 0.717) is 0 Å². The van der Waals surface area contributed by atoms with Crippen molar-refractivity contribution in [3.8, 4) is 0 Å². The molecular weight excluding hydrogens is 335 g/mol. The van der Waals surface area contributed by atoms with Crippen LogP contribution in [0.4, 0.5) is 4.39 Å². The van der Waals surface area contributed by atoms with Gasteiger partial charge >= 0.3 is 0 Å². The Hall–Kier alpha value is -2.72. The molecule has 126 valence electrons. The monoisotopic (exact) mass is 352 g/mol. The molecule has 0 unspecified atom stereocenters. The van der Waals surface area contributed by atoms with Gasteiger partial charge < -0.3 is 0 Å². The number of hydrogen-bond acceptors (Lipinski definition) is 2. The maximum Gasteiger partial charge on any atom is 0.181 e. The Bertz CT molecular complexity index is 920. The highest BCUT2D eigenvalue weighted by atomic mass is 32.2. The molecule has 25 heavy (non-hydrogen) atoms. The van der Waals surface area contributed by atoms with Gasteiger partial charge in [0.15, 0.2) is 9.84 Å². The van der Waals surface area contributed by atoms with E-state index in [9.17, 15) is 12.8 Å². The molecule has 0 radical (unpaired) electrons. The summed E-state index contributed by atoms with van der Waals surface area (Å²) < 4.78 is 38.1. The minimum Gasteiger partial charge on any atom is -0.223 e. The van der Waals surface area contributed by atoms with E-state index in [1.807, 2.05) is 60.7 Å². The number of benzene rings is 3. The Balaban J connectivity index is 1.98. The van der Waals surface area contributed by atoms with Crippen molar-refractivity contribution >= 4 is 15.4 Å². The topological polar surface area (TPSA) is 34.1 Å². The van der Waals surface area contributed by atoms with Crippen molar-refractivity contribution in [2.24, 2.45) is 0 Å². The number of rotatable bonds is 5. The third kappa shape index (κ3) is 4.22. The predicted octanol–water partition coefficient (Wildman–Crippen LogP) is 4.73. The molecule has 0 aliphatic heterocycles. The molecule has 3 aromatic rings. The van der Waals surface area contributed by atoms with Crippen LogP contribution in [0.3, 0.4) is 0 Å². The molecule has 2 nitrogen and oxygen atoms in total. The lowest BCUT2D eigenvalue weighted by atomic mass is 9.98. The molecule has 0 bridgehead atoms. The lowest BCUT2D eigenvalue weighted by Gasteiger charge is -2.09. The first-order valence-corrected chi connectivity index (χ1v) is 9.51. The minimum absolute atomic E-state index is 0.116. The van der Waals surface area contributed by atoms with E-state index in [2.05, 4.69) is 0 Å². The van der Waals surface area contributed by atoms with Crippen LogP contribution in [0.25, 0.3) is 5.57 Å². The summed E-state index contributed by atoms with van der Waals surface area (Å²) in [6, 6.07) is 24.2. The Kier molecular flexibility index (Phi) is 5.10. The summed E-state index contributed by atoms with van der Waals surface area (Å²) in [5, 5.41) is 0. The van der Waals surface area contributed by atoms with Gasteiger partial charge in [-0.15, -0.1) is 0 Å². The first-order valence-electron chi connectivity index (χ1n) is 7.85. The van der Waals surface area contributed by atoms with Crippen molar-refractivity contribution in [1.82, 2.24) is 0 Å². The highest BCUT2D eigenvalue weighted by molar-refractivity contribution is 7.91.